The molecule has 0 atom stereocenters. The largest absolute Gasteiger partial charge is 0.488 e. The molecule has 0 spiro atoms. The summed E-state index contributed by atoms with van der Waals surface area (Å²) in [6.45, 7) is 0.422. The maximum atomic E-state index is 10.8. The zero-order valence-corrected chi connectivity index (χ0v) is 14.4. The third-order valence-corrected chi connectivity index (χ3v) is 3.97. The number of nitro groups is 1. The van der Waals surface area contributed by atoms with Gasteiger partial charge in [-0.05, 0) is 35.4 Å². The Morgan fingerprint density at radius 2 is 1.67 bits per heavy atom. The molecule has 0 aliphatic heterocycles. The number of allylic oxidation sites excluding steroid dienone is 1. The van der Waals surface area contributed by atoms with Crippen LogP contribution in [0, 0.1) is 21.4 Å². The van der Waals surface area contributed by atoms with Crippen LogP contribution in [0.2, 0.25) is 0 Å². The summed E-state index contributed by atoms with van der Waals surface area (Å²) in [5, 5.41) is 20.3. The van der Waals surface area contributed by atoms with Crippen LogP contribution < -0.4 is 4.74 Å². The van der Waals surface area contributed by atoms with E-state index in [1.165, 1.54) is 12.1 Å². The Morgan fingerprint density at radius 1 is 1.00 bits per heavy atom. The molecule has 0 heterocycles. The highest BCUT2D eigenvalue weighted by atomic mass is 16.6. The molecule has 27 heavy (non-hydrogen) atoms. The predicted molar refractivity (Wildman–Crippen MR) is 104 cm³/mol. The predicted octanol–water partition coefficient (Wildman–Crippen LogP) is 5.24. The van der Waals surface area contributed by atoms with E-state index in [0.717, 1.165) is 11.1 Å². The molecule has 5 heteroatoms. The Hall–Kier alpha value is -3.91. The number of hydrogen-bond acceptors (Lipinski definition) is 4. The van der Waals surface area contributed by atoms with Crippen molar-refractivity contribution in [3.05, 3.63) is 106 Å². The number of para-hydroxylation sites is 1. The lowest BCUT2D eigenvalue weighted by Gasteiger charge is -2.10. The first-order valence-electron chi connectivity index (χ1n) is 8.30. The highest BCUT2D eigenvalue weighted by Crippen LogP contribution is 2.26. The van der Waals surface area contributed by atoms with Crippen LogP contribution >= 0.6 is 0 Å². The van der Waals surface area contributed by atoms with Crippen LogP contribution in [0.3, 0.4) is 0 Å². The summed E-state index contributed by atoms with van der Waals surface area (Å²) in [6.07, 6.45) is 1.72. The van der Waals surface area contributed by atoms with Crippen molar-refractivity contribution in [2.45, 2.75) is 6.61 Å². The lowest BCUT2D eigenvalue weighted by molar-refractivity contribution is -0.384. The molecule has 0 aliphatic rings. The van der Waals surface area contributed by atoms with E-state index in [1.54, 1.807) is 18.2 Å². The standard InChI is InChI=1S/C22H16N2O3/c23-15-20(18-10-12-21(13-11-18)24(25)26)14-19-8-4-5-9-22(19)27-16-17-6-2-1-3-7-17/h1-14H,16H2. The number of benzene rings is 3. The van der Waals surface area contributed by atoms with Crippen LogP contribution in [0.1, 0.15) is 16.7 Å². The van der Waals surface area contributed by atoms with E-state index in [9.17, 15) is 15.4 Å². The summed E-state index contributed by atoms with van der Waals surface area (Å²) in [6, 6.07) is 25.3. The number of nitro benzene ring substituents is 1. The number of rotatable bonds is 6. The summed E-state index contributed by atoms with van der Waals surface area (Å²) in [5.74, 6) is 0.663. The molecule has 5 nitrogen and oxygen atoms in total. The van der Waals surface area contributed by atoms with E-state index in [2.05, 4.69) is 6.07 Å². The molecule has 132 valence electrons. The number of ether oxygens (including phenoxy) is 1. The van der Waals surface area contributed by atoms with Gasteiger partial charge in [0, 0.05) is 17.7 Å². The van der Waals surface area contributed by atoms with Gasteiger partial charge in [-0.3, -0.25) is 10.1 Å². The minimum absolute atomic E-state index is 0.0114. The van der Waals surface area contributed by atoms with E-state index in [4.69, 9.17) is 4.74 Å². The molecule has 0 aromatic heterocycles. The first-order chi connectivity index (χ1) is 13.2. The molecule has 0 radical (unpaired) electrons. The Morgan fingerprint density at radius 3 is 2.33 bits per heavy atom. The molecule has 0 amide bonds. The summed E-state index contributed by atoms with van der Waals surface area (Å²) in [5.41, 5.74) is 2.82. The van der Waals surface area contributed by atoms with Gasteiger partial charge in [0.1, 0.15) is 12.4 Å². The second-order valence-corrected chi connectivity index (χ2v) is 5.79. The fourth-order valence-electron chi connectivity index (χ4n) is 2.56. The van der Waals surface area contributed by atoms with Gasteiger partial charge >= 0.3 is 0 Å². The number of nitriles is 1. The van der Waals surface area contributed by atoms with Gasteiger partial charge in [-0.25, -0.2) is 0 Å². The molecular weight excluding hydrogens is 340 g/mol. The van der Waals surface area contributed by atoms with Crippen LogP contribution in [0.4, 0.5) is 5.69 Å². The number of non-ortho nitro benzene ring substituents is 1. The average molecular weight is 356 g/mol. The first-order valence-corrected chi connectivity index (χ1v) is 8.30. The fraction of sp³-hybridized carbons (Fsp3) is 0.0455. The third-order valence-electron chi connectivity index (χ3n) is 3.97. The molecule has 0 bridgehead atoms. The van der Waals surface area contributed by atoms with Crippen LogP contribution in [-0.4, -0.2) is 4.92 Å². The topological polar surface area (TPSA) is 76.2 Å². The van der Waals surface area contributed by atoms with Crippen molar-refractivity contribution in [2.75, 3.05) is 0 Å². The van der Waals surface area contributed by atoms with Gasteiger partial charge in [0.2, 0.25) is 0 Å². The Kier molecular flexibility index (Phi) is 5.60. The summed E-state index contributed by atoms with van der Waals surface area (Å²) in [7, 11) is 0. The monoisotopic (exact) mass is 356 g/mol. The van der Waals surface area contributed by atoms with Gasteiger partial charge in [-0.1, -0.05) is 48.5 Å². The molecular formula is C22H16N2O3. The summed E-state index contributed by atoms with van der Waals surface area (Å²) in [4.78, 5) is 10.3. The smallest absolute Gasteiger partial charge is 0.269 e. The number of hydrogen-bond donors (Lipinski definition) is 0. The second-order valence-electron chi connectivity index (χ2n) is 5.79. The van der Waals surface area contributed by atoms with E-state index in [-0.39, 0.29) is 5.69 Å². The highest BCUT2D eigenvalue weighted by Gasteiger charge is 2.08. The van der Waals surface area contributed by atoms with Crippen LogP contribution in [0.25, 0.3) is 11.6 Å². The van der Waals surface area contributed by atoms with Crippen molar-refractivity contribution >= 4 is 17.3 Å². The van der Waals surface area contributed by atoms with Crippen molar-refractivity contribution in [3.63, 3.8) is 0 Å². The third kappa shape index (κ3) is 4.59. The van der Waals surface area contributed by atoms with Crippen molar-refractivity contribution in [2.24, 2.45) is 0 Å². The molecule has 0 saturated carbocycles. The van der Waals surface area contributed by atoms with Crippen molar-refractivity contribution in [1.29, 1.82) is 5.26 Å². The quantitative estimate of drug-likeness (QED) is 0.262. The minimum Gasteiger partial charge on any atom is -0.488 e. The van der Waals surface area contributed by atoms with Gasteiger partial charge < -0.3 is 4.74 Å². The van der Waals surface area contributed by atoms with Gasteiger partial charge in [-0.15, -0.1) is 0 Å². The van der Waals surface area contributed by atoms with Crippen molar-refractivity contribution in [3.8, 4) is 11.8 Å². The van der Waals surface area contributed by atoms with Crippen molar-refractivity contribution in [1.82, 2.24) is 0 Å². The first kappa shape index (κ1) is 17.9. The molecule has 0 unspecified atom stereocenters. The van der Waals surface area contributed by atoms with Gasteiger partial charge in [-0.2, -0.15) is 5.26 Å². The van der Waals surface area contributed by atoms with Gasteiger partial charge in [0.15, 0.2) is 0 Å². The van der Waals surface area contributed by atoms with E-state index in [0.29, 0.717) is 23.5 Å². The summed E-state index contributed by atoms with van der Waals surface area (Å²) >= 11 is 0. The molecule has 0 N–H and O–H groups in total. The van der Waals surface area contributed by atoms with Crippen LogP contribution in [0.5, 0.6) is 5.75 Å². The fourth-order valence-corrected chi connectivity index (χ4v) is 2.56. The average Bonchev–Trinajstić information content (AvgIpc) is 2.72. The lowest BCUT2D eigenvalue weighted by atomic mass is 10.0. The maximum Gasteiger partial charge on any atom is 0.269 e. The molecule has 0 saturated heterocycles. The Balaban J connectivity index is 1.86. The highest BCUT2D eigenvalue weighted by molar-refractivity contribution is 5.90. The van der Waals surface area contributed by atoms with Crippen molar-refractivity contribution < 1.29 is 9.66 Å². The molecule has 0 fully saturated rings. The van der Waals surface area contributed by atoms with Gasteiger partial charge in [0.25, 0.3) is 5.69 Å². The van der Waals surface area contributed by atoms with E-state index in [1.807, 2.05) is 54.6 Å². The normalized spacial score (nSPS) is 10.9. The maximum absolute atomic E-state index is 10.8. The van der Waals surface area contributed by atoms with Crippen LogP contribution in [-0.2, 0) is 6.61 Å². The van der Waals surface area contributed by atoms with E-state index >= 15 is 0 Å². The molecule has 3 rings (SSSR count). The lowest BCUT2D eigenvalue weighted by Crippen LogP contribution is -1.96. The Labute approximate surface area is 156 Å². The SMILES string of the molecule is N#CC(=Cc1ccccc1OCc1ccccc1)c1ccc([N+](=O)[O-])cc1. The number of nitrogens with zero attached hydrogens (tertiary/aromatic N) is 2. The zero-order valence-electron chi connectivity index (χ0n) is 14.4. The van der Waals surface area contributed by atoms with E-state index < -0.39 is 4.92 Å². The second kappa shape index (κ2) is 8.45. The Bertz CT molecular complexity index is 1000. The molecule has 3 aromatic carbocycles. The van der Waals surface area contributed by atoms with Crippen LogP contribution in [0.15, 0.2) is 78.9 Å². The summed E-state index contributed by atoms with van der Waals surface area (Å²) < 4.78 is 5.91. The molecule has 3 aromatic rings. The molecule has 0 aliphatic carbocycles. The van der Waals surface area contributed by atoms with Gasteiger partial charge in [0.05, 0.1) is 16.6 Å². The minimum atomic E-state index is -0.466. The zero-order chi connectivity index (χ0) is 19.1.